The van der Waals surface area contributed by atoms with Crippen LogP contribution in [-0.4, -0.2) is 98.8 Å². The summed E-state index contributed by atoms with van der Waals surface area (Å²) in [6, 6.07) is 9.12. The van der Waals surface area contributed by atoms with Crippen molar-refractivity contribution in [2.75, 3.05) is 32.8 Å². The number of carbonyl (C=O) groups excluding carboxylic acids is 3. The van der Waals surface area contributed by atoms with Crippen LogP contribution in [0.2, 0.25) is 0 Å². The van der Waals surface area contributed by atoms with E-state index in [4.69, 9.17) is 4.74 Å². The molecule has 3 N–H and O–H groups in total. The van der Waals surface area contributed by atoms with Crippen molar-refractivity contribution in [2.24, 2.45) is 0 Å². The Balaban J connectivity index is 1.82. The third-order valence-electron chi connectivity index (χ3n) is 5.77. The lowest BCUT2D eigenvalue weighted by molar-refractivity contribution is -0.138. The summed E-state index contributed by atoms with van der Waals surface area (Å²) in [5, 5.41) is 21.4. The molecule has 0 radical (unpaired) electrons. The quantitative estimate of drug-likeness (QED) is 0.419. The molecule has 12 heteroatoms. The summed E-state index contributed by atoms with van der Waals surface area (Å²) in [5.41, 5.74) is 0.752. The number of aromatic nitrogens is 2. The number of piperazine rings is 1. The smallest absolute Gasteiger partial charge is 0.409 e. The average Bonchev–Trinajstić information content (AvgIpc) is 2.94. The number of benzene rings is 1. The summed E-state index contributed by atoms with van der Waals surface area (Å²) >= 11 is 0. The third kappa shape index (κ3) is 8.51. The van der Waals surface area contributed by atoms with Crippen molar-refractivity contribution in [3.8, 4) is 23.2 Å². The van der Waals surface area contributed by atoms with Gasteiger partial charge >= 0.3 is 12.1 Å². The molecule has 0 saturated carbocycles. The number of nitrogens with one attached hydrogen (secondary N) is 1. The first kappa shape index (κ1) is 29.1. The maximum Gasteiger partial charge on any atom is 0.409 e. The first-order valence-electron chi connectivity index (χ1n) is 12.5. The number of nitrogens with zero attached hydrogens (tertiary/aromatic N) is 4. The highest BCUT2D eigenvalue weighted by molar-refractivity contribution is 5.96. The minimum Gasteiger partial charge on any atom is -0.481 e. The van der Waals surface area contributed by atoms with Crippen molar-refractivity contribution >= 4 is 23.9 Å². The molecule has 1 aliphatic heterocycles. The van der Waals surface area contributed by atoms with Gasteiger partial charge in [-0.3, -0.25) is 14.4 Å². The van der Waals surface area contributed by atoms with E-state index >= 15 is 0 Å². The van der Waals surface area contributed by atoms with Gasteiger partial charge in [0.05, 0.1) is 6.61 Å². The van der Waals surface area contributed by atoms with E-state index in [0.717, 1.165) is 0 Å². The number of aliphatic hydroxyl groups excluding tert-OH is 1. The van der Waals surface area contributed by atoms with Crippen LogP contribution in [0.15, 0.2) is 36.4 Å². The Labute approximate surface area is 226 Å². The van der Waals surface area contributed by atoms with Gasteiger partial charge in [0.1, 0.15) is 23.5 Å². The second-order valence-electron chi connectivity index (χ2n) is 8.74. The summed E-state index contributed by atoms with van der Waals surface area (Å²) in [4.78, 5) is 61.5. The Kier molecular flexibility index (Phi) is 10.3. The molecule has 2 atom stereocenters. The standard InChI is InChI=1S/C27H31N5O7/c1-3-39-27(38)32-15-13-31(14-16-32)26(37)21(11-12-23(34)35)30-25(36)22-17-20(10-9-18(2)33)28-24(29-22)19-7-5-4-6-8-19/h4-8,17-18,21,33H,3,11-16H2,1-2H3,(H,30,36)(H,34,35)/t18?,21-/m0/s1. The number of aliphatic hydroxyl groups is 1. The van der Waals surface area contributed by atoms with E-state index in [9.17, 15) is 29.4 Å². The van der Waals surface area contributed by atoms with E-state index < -0.39 is 36.0 Å². The molecule has 12 nitrogen and oxygen atoms in total. The zero-order chi connectivity index (χ0) is 28.4. The molecule has 3 rings (SSSR count). The van der Waals surface area contributed by atoms with Gasteiger partial charge in [-0.05, 0) is 26.2 Å². The molecule has 2 heterocycles. The van der Waals surface area contributed by atoms with Crippen molar-refractivity contribution in [3.05, 3.63) is 47.8 Å². The van der Waals surface area contributed by atoms with Gasteiger partial charge in [0.15, 0.2) is 5.82 Å². The fraction of sp³-hybridized carbons (Fsp3) is 0.407. The SMILES string of the molecule is CCOC(=O)N1CCN(C(=O)[C@H](CCC(=O)O)NC(=O)c2cc(C#CC(C)O)nc(-c3ccccc3)n2)CC1. The molecule has 2 aromatic rings. The number of hydrogen-bond donors (Lipinski definition) is 3. The van der Waals surface area contributed by atoms with Crippen molar-refractivity contribution < 1.29 is 34.1 Å². The summed E-state index contributed by atoms with van der Waals surface area (Å²) in [7, 11) is 0. The number of hydrogen-bond acceptors (Lipinski definition) is 8. The van der Waals surface area contributed by atoms with E-state index in [0.29, 0.717) is 5.56 Å². The van der Waals surface area contributed by atoms with Crippen LogP contribution in [0.25, 0.3) is 11.4 Å². The fourth-order valence-electron chi connectivity index (χ4n) is 3.82. The van der Waals surface area contributed by atoms with Crippen molar-refractivity contribution in [3.63, 3.8) is 0 Å². The molecule has 1 aromatic carbocycles. The number of amides is 3. The average molecular weight is 538 g/mol. The fourth-order valence-corrected chi connectivity index (χ4v) is 3.82. The highest BCUT2D eigenvalue weighted by atomic mass is 16.6. The highest BCUT2D eigenvalue weighted by Crippen LogP contribution is 2.16. The van der Waals surface area contributed by atoms with Crippen LogP contribution in [0.5, 0.6) is 0 Å². The Morgan fingerprint density at radius 2 is 1.74 bits per heavy atom. The van der Waals surface area contributed by atoms with E-state index in [1.165, 1.54) is 22.8 Å². The molecule has 206 valence electrons. The van der Waals surface area contributed by atoms with Gasteiger partial charge in [0, 0.05) is 44.2 Å². The van der Waals surface area contributed by atoms with Crippen LogP contribution in [-0.2, 0) is 14.3 Å². The van der Waals surface area contributed by atoms with Gasteiger partial charge in [0.2, 0.25) is 5.91 Å². The van der Waals surface area contributed by atoms with Gasteiger partial charge in [-0.25, -0.2) is 14.8 Å². The molecule has 0 spiro atoms. The summed E-state index contributed by atoms with van der Waals surface area (Å²) in [6.45, 7) is 4.36. The van der Waals surface area contributed by atoms with E-state index in [2.05, 4.69) is 27.1 Å². The lowest BCUT2D eigenvalue weighted by Crippen LogP contribution is -2.56. The van der Waals surface area contributed by atoms with Crippen molar-refractivity contribution in [1.82, 2.24) is 25.1 Å². The predicted molar refractivity (Wildman–Crippen MR) is 139 cm³/mol. The van der Waals surface area contributed by atoms with Crippen LogP contribution in [0.4, 0.5) is 4.79 Å². The molecular formula is C27H31N5O7. The van der Waals surface area contributed by atoms with Crippen LogP contribution < -0.4 is 5.32 Å². The molecule has 0 bridgehead atoms. The van der Waals surface area contributed by atoms with Crippen molar-refractivity contribution in [2.45, 2.75) is 38.8 Å². The molecular weight excluding hydrogens is 506 g/mol. The lowest BCUT2D eigenvalue weighted by Gasteiger charge is -2.35. The van der Waals surface area contributed by atoms with Crippen LogP contribution in [0, 0.1) is 11.8 Å². The van der Waals surface area contributed by atoms with Gasteiger partial charge in [-0.15, -0.1) is 0 Å². The van der Waals surface area contributed by atoms with Crippen LogP contribution >= 0.6 is 0 Å². The minimum atomic E-state index is -1.13. The number of carboxylic acid groups (broad SMARTS) is 1. The zero-order valence-corrected chi connectivity index (χ0v) is 21.8. The minimum absolute atomic E-state index is 0.0704. The Bertz CT molecular complexity index is 1250. The molecule has 1 aromatic heterocycles. The molecule has 0 aliphatic carbocycles. The first-order valence-corrected chi connectivity index (χ1v) is 12.5. The highest BCUT2D eigenvalue weighted by Gasteiger charge is 2.31. The maximum atomic E-state index is 13.3. The second-order valence-corrected chi connectivity index (χ2v) is 8.74. The Hall–Kier alpha value is -4.50. The maximum absolute atomic E-state index is 13.3. The largest absolute Gasteiger partial charge is 0.481 e. The Morgan fingerprint density at radius 1 is 1.08 bits per heavy atom. The van der Waals surface area contributed by atoms with Crippen LogP contribution in [0.1, 0.15) is 42.9 Å². The molecule has 1 fully saturated rings. The molecule has 3 amide bonds. The number of carbonyl (C=O) groups is 4. The number of rotatable bonds is 8. The number of aliphatic carboxylic acids is 1. The predicted octanol–water partition coefficient (Wildman–Crippen LogP) is 1.14. The van der Waals surface area contributed by atoms with E-state index in [-0.39, 0.29) is 62.8 Å². The summed E-state index contributed by atoms with van der Waals surface area (Å²) in [5.74, 6) is 3.24. The van der Waals surface area contributed by atoms with E-state index in [1.54, 1.807) is 31.2 Å². The molecule has 1 unspecified atom stereocenters. The van der Waals surface area contributed by atoms with Gasteiger partial charge < -0.3 is 30.1 Å². The lowest BCUT2D eigenvalue weighted by atomic mass is 10.1. The van der Waals surface area contributed by atoms with Gasteiger partial charge in [-0.2, -0.15) is 0 Å². The number of carboxylic acids is 1. The summed E-state index contributed by atoms with van der Waals surface area (Å²) < 4.78 is 5.00. The normalized spacial score (nSPS) is 14.4. The topological polar surface area (TPSA) is 162 Å². The van der Waals surface area contributed by atoms with Crippen molar-refractivity contribution in [1.29, 1.82) is 0 Å². The number of ether oxygens (including phenoxy) is 1. The summed E-state index contributed by atoms with van der Waals surface area (Å²) in [6.07, 6.45) is -1.86. The molecule has 1 aliphatic rings. The van der Waals surface area contributed by atoms with Gasteiger partial charge in [0.25, 0.3) is 5.91 Å². The van der Waals surface area contributed by atoms with E-state index in [1.807, 2.05) is 6.07 Å². The zero-order valence-electron chi connectivity index (χ0n) is 21.8. The first-order chi connectivity index (χ1) is 18.7. The third-order valence-corrected chi connectivity index (χ3v) is 5.77. The Morgan fingerprint density at radius 3 is 2.36 bits per heavy atom. The van der Waals surface area contributed by atoms with Gasteiger partial charge in [-0.1, -0.05) is 36.3 Å². The monoisotopic (exact) mass is 537 g/mol. The molecule has 39 heavy (non-hydrogen) atoms. The second kappa shape index (κ2) is 13.9. The van der Waals surface area contributed by atoms with Crippen LogP contribution in [0.3, 0.4) is 0 Å². The molecule has 1 saturated heterocycles.